The molecular formula is C10H8BrN5O3. The van der Waals surface area contributed by atoms with Crippen molar-refractivity contribution in [3.63, 3.8) is 0 Å². The second-order valence-corrected chi connectivity index (χ2v) is 4.41. The highest BCUT2D eigenvalue weighted by Gasteiger charge is 2.11. The van der Waals surface area contributed by atoms with E-state index in [-0.39, 0.29) is 29.1 Å². The lowest BCUT2D eigenvalue weighted by molar-refractivity contribution is -0.385. The summed E-state index contributed by atoms with van der Waals surface area (Å²) >= 11 is 3.16. The Bertz CT molecular complexity index is 629. The van der Waals surface area contributed by atoms with E-state index in [1.54, 1.807) is 6.07 Å². The standard InChI is InChI=1S/C10H8BrN5O3/c11-5-1-6(16(17)18)3-7(2-5)19-9-4-8(12)14-10(13)15-9/h1-4H,(H4,12,13,14,15). The number of benzene rings is 1. The molecule has 1 aromatic carbocycles. The highest BCUT2D eigenvalue weighted by molar-refractivity contribution is 9.10. The van der Waals surface area contributed by atoms with E-state index < -0.39 is 4.92 Å². The van der Waals surface area contributed by atoms with Crippen molar-refractivity contribution in [2.24, 2.45) is 0 Å². The molecule has 98 valence electrons. The fraction of sp³-hybridized carbons (Fsp3) is 0. The minimum Gasteiger partial charge on any atom is -0.438 e. The summed E-state index contributed by atoms with van der Waals surface area (Å²) in [5.74, 6) is 0.447. The van der Waals surface area contributed by atoms with Gasteiger partial charge in [-0.25, -0.2) is 0 Å². The summed E-state index contributed by atoms with van der Waals surface area (Å²) in [6.45, 7) is 0. The van der Waals surface area contributed by atoms with Crippen molar-refractivity contribution in [3.05, 3.63) is 38.9 Å². The van der Waals surface area contributed by atoms with Crippen LogP contribution < -0.4 is 16.2 Å². The van der Waals surface area contributed by atoms with Gasteiger partial charge in [-0.3, -0.25) is 10.1 Å². The number of anilines is 2. The summed E-state index contributed by atoms with van der Waals surface area (Å²) in [5.41, 5.74) is 10.8. The van der Waals surface area contributed by atoms with Crippen molar-refractivity contribution >= 4 is 33.4 Å². The maximum absolute atomic E-state index is 10.7. The van der Waals surface area contributed by atoms with Gasteiger partial charge in [-0.2, -0.15) is 9.97 Å². The molecule has 0 aliphatic carbocycles. The van der Waals surface area contributed by atoms with Gasteiger partial charge in [0.1, 0.15) is 11.6 Å². The number of nitrogens with zero attached hydrogens (tertiary/aromatic N) is 3. The van der Waals surface area contributed by atoms with Crippen LogP contribution in [-0.4, -0.2) is 14.9 Å². The molecule has 0 bridgehead atoms. The minimum absolute atomic E-state index is 0.0421. The predicted octanol–water partition coefficient (Wildman–Crippen LogP) is 2.10. The van der Waals surface area contributed by atoms with E-state index in [2.05, 4.69) is 25.9 Å². The number of nitrogen functional groups attached to an aromatic ring is 2. The number of rotatable bonds is 3. The Labute approximate surface area is 115 Å². The molecule has 0 amide bonds. The van der Waals surface area contributed by atoms with Crippen LogP contribution in [0, 0.1) is 10.1 Å². The minimum atomic E-state index is -0.527. The van der Waals surface area contributed by atoms with Crippen LogP contribution in [0.2, 0.25) is 0 Å². The van der Waals surface area contributed by atoms with E-state index >= 15 is 0 Å². The third-order valence-electron chi connectivity index (χ3n) is 2.03. The molecule has 4 N–H and O–H groups in total. The maximum atomic E-state index is 10.7. The first kappa shape index (κ1) is 13.0. The summed E-state index contributed by atoms with van der Waals surface area (Å²) in [6.07, 6.45) is 0. The third-order valence-corrected chi connectivity index (χ3v) is 2.49. The fourth-order valence-corrected chi connectivity index (χ4v) is 1.81. The molecule has 1 aromatic heterocycles. The molecule has 8 nitrogen and oxygen atoms in total. The lowest BCUT2D eigenvalue weighted by Crippen LogP contribution is -2.01. The molecule has 0 saturated carbocycles. The van der Waals surface area contributed by atoms with Gasteiger partial charge < -0.3 is 16.2 Å². The Morgan fingerprint density at radius 3 is 2.58 bits per heavy atom. The number of nitro groups is 1. The average Bonchev–Trinajstić information content (AvgIpc) is 2.26. The highest BCUT2D eigenvalue weighted by Crippen LogP contribution is 2.29. The highest BCUT2D eigenvalue weighted by atomic mass is 79.9. The van der Waals surface area contributed by atoms with Crippen molar-refractivity contribution < 1.29 is 9.66 Å². The van der Waals surface area contributed by atoms with E-state index in [4.69, 9.17) is 16.2 Å². The molecule has 2 rings (SSSR count). The van der Waals surface area contributed by atoms with E-state index in [0.29, 0.717) is 4.47 Å². The molecule has 0 fully saturated rings. The number of hydrogen-bond acceptors (Lipinski definition) is 7. The number of nitrogens with two attached hydrogens (primary N) is 2. The van der Waals surface area contributed by atoms with Gasteiger partial charge in [0.2, 0.25) is 11.8 Å². The monoisotopic (exact) mass is 325 g/mol. The fourth-order valence-electron chi connectivity index (χ4n) is 1.35. The zero-order valence-electron chi connectivity index (χ0n) is 9.41. The maximum Gasteiger partial charge on any atom is 0.274 e. The van der Waals surface area contributed by atoms with Gasteiger partial charge in [0.25, 0.3) is 5.69 Å². The predicted molar refractivity (Wildman–Crippen MR) is 71.7 cm³/mol. The lowest BCUT2D eigenvalue weighted by atomic mass is 10.3. The van der Waals surface area contributed by atoms with Crippen LogP contribution >= 0.6 is 15.9 Å². The number of non-ortho nitro benzene ring substituents is 1. The summed E-state index contributed by atoms with van der Waals surface area (Å²) in [7, 11) is 0. The number of nitro benzene ring substituents is 1. The first-order valence-corrected chi connectivity index (χ1v) is 5.76. The summed E-state index contributed by atoms with van der Waals surface area (Å²) < 4.78 is 5.87. The van der Waals surface area contributed by atoms with Gasteiger partial charge in [0.15, 0.2) is 0 Å². The van der Waals surface area contributed by atoms with Gasteiger partial charge in [0, 0.05) is 16.6 Å². The zero-order valence-corrected chi connectivity index (χ0v) is 11.0. The number of hydrogen-bond donors (Lipinski definition) is 2. The summed E-state index contributed by atoms with van der Waals surface area (Å²) in [6, 6.07) is 5.54. The molecule has 0 aliphatic heterocycles. The van der Waals surface area contributed by atoms with Crippen molar-refractivity contribution in [1.82, 2.24) is 9.97 Å². The van der Waals surface area contributed by atoms with Gasteiger partial charge in [-0.15, -0.1) is 0 Å². The molecule has 0 aliphatic rings. The Balaban J connectivity index is 2.35. The Morgan fingerprint density at radius 2 is 1.95 bits per heavy atom. The topological polar surface area (TPSA) is 130 Å². The molecule has 0 saturated heterocycles. The molecule has 0 radical (unpaired) electrons. The van der Waals surface area contributed by atoms with Crippen LogP contribution in [0.1, 0.15) is 0 Å². The molecule has 9 heteroatoms. The van der Waals surface area contributed by atoms with E-state index in [1.807, 2.05) is 0 Å². The summed E-state index contributed by atoms with van der Waals surface area (Å²) in [5, 5.41) is 10.7. The summed E-state index contributed by atoms with van der Waals surface area (Å²) in [4.78, 5) is 17.7. The SMILES string of the molecule is Nc1cc(Oc2cc(Br)cc([N+](=O)[O-])c2)nc(N)n1. The van der Waals surface area contributed by atoms with Gasteiger partial charge in [-0.05, 0) is 6.07 Å². The quantitative estimate of drug-likeness (QED) is 0.652. The third kappa shape index (κ3) is 3.28. The number of halogens is 1. The van der Waals surface area contributed by atoms with Crippen LogP contribution in [0.3, 0.4) is 0 Å². The van der Waals surface area contributed by atoms with E-state index in [1.165, 1.54) is 18.2 Å². The Kier molecular flexibility index (Phi) is 3.47. The van der Waals surface area contributed by atoms with E-state index in [0.717, 1.165) is 0 Å². The Hall–Kier alpha value is -2.42. The molecular weight excluding hydrogens is 318 g/mol. The van der Waals surface area contributed by atoms with Crippen LogP contribution in [0.25, 0.3) is 0 Å². The van der Waals surface area contributed by atoms with Crippen molar-refractivity contribution in [2.45, 2.75) is 0 Å². The smallest absolute Gasteiger partial charge is 0.274 e. The van der Waals surface area contributed by atoms with E-state index in [9.17, 15) is 10.1 Å². The van der Waals surface area contributed by atoms with Crippen LogP contribution in [0.4, 0.5) is 17.5 Å². The molecule has 2 aromatic rings. The molecule has 19 heavy (non-hydrogen) atoms. The number of ether oxygens (including phenoxy) is 1. The van der Waals surface area contributed by atoms with Crippen LogP contribution in [0.15, 0.2) is 28.7 Å². The van der Waals surface area contributed by atoms with Crippen molar-refractivity contribution in [3.8, 4) is 11.6 Å². The Morgan fingerprint density at radius 1 is 1.21 bits per heavy atom. The van der Waals surface area contributed by atoms with Gasteiger partial charge >= 0.3 is 0 Å². The van der Waals surface area contributed by atoms with Crippen LogP contribution in [-0.2, 0) is 0 Å². The first-order chi connectivity index (χ1) is 8.94. The van der Waals surface area contributed by atoms with Gasteiger partial charge in [0.05, 0.1) is 11.0 Å². The first-order valence-electron chi connectivity index (χ1n) is 4.97. The largest absolute Gasteiger partial charge is 0.438 e. The van der Waals surface area contributed by atoms with Crippen LogP contribution in [0.5, 0.6) is 11.6 Å². The molecule has 1 heterocycles. The molecule has 0 unspecified atom stereocenters. The lowest BCUT2D eigenvalue weighted by Gasteiger charge is -2.06. The normalized spacial score (nSPS) is 10.2. The number of aromatic nitrogens is 2. The second-order valence-electron chi connectivity index (χ2n) is 3.49. The molecule has 0 spiro atoms. The molecule has 0 atom stereocenters. The van der Waals surface area contributed by atoms with Gasteiger partial charge in [-0.1, -0.05) is 15.9 Å². The van der Waals surface area contributed by atoms with Crippen molar-refractivity contribution in [1.29, 1.82) is 0 Å². The average molecular weight is 326 g/mol. The second kappa shape index (κ2) is 5.06. The zero-order chi connectivity index (χ0) is 14.0. The van der Waals surface area contributed by atoms with Crippen molar-refractivity contribution in [2.75, 3.05) is 11.5 Å².